The van der Waals surface area contributed by atoms with E-state index in [1.54, 1.807) is 24.0 Å². The maximum absolute atomic E-state index is 13.3. The van der Waals surface area contributed by atoms with Gasteiger partial charge in [0.1, 0.15) is 5.56 Å². The summed E-state index contributed by atoms with van der Waals surface area (Å²) in [5.74, 6) is -1.20. The Kier molecular flexibility index (Phi) is 3.76. The maximum atomic E-state index is 13.3. The first-order chi connectivity index (χ1) is 13.0. The normalized spacial score (nSPS) is 11.1. The number of aryl methyl sites for hydroxylation is 2. The number of nitrogens with two attached hydrogens (primary N) is 1. The van der Waals surface area contributed by atoms with E-state index in [1.165, 1.54) is 6.20 Å². The minimum Gasteiger partial charge on any atom is -0.381 e. The molecule has 27 heavy (non-hydrogen) atoms. The summed E-state index contributed by atoms with van der Waals surface area (Å²) in [7, 11) is 1.83. The van der Waals surface area contributed by atoms with Gasteiger partial charge in [0.2, 0.25) is 0 Å². The summed E-state index contributed by atoms with van der Waals surface area (Å²) in [6, 6.07) is 0. The molecule has 3 N–H and O–H groups in total. The molecule has 0 radical (unpaired) electrons. The van der Waals surface area contributed by atoms with Crippen molar-refractivity contribution in [2.75, 3.05) is 11.1 Å². The Morgan fingerprint density at radius 3 is 2.85 bits per heavy atom. The third kappa shape index (κ3) is 2.74. The molecule has 0 saturated carbocycles. The first-order valence-corrected chi connectivity index (χ1v) is 7.85. The van der Waals surface area contributed by atoms with Crippen molar-refractivity contribution in [2.45, 2.75) is 6.92 Å². The van der Waals surface area contributed by atoms with E-state index in [1.807, 2.05) is 7.05 Å². The summed E-state index contributed by atoms with van der Waals surface area (Å²) >= 11 is 0. The highest BCUT2D eigenvalue weighted by atomic mass is 19.1. The van der Waals surface area contributed by atoms with Crippen LogP contribution in [0.2, 0.25) is 0 Å². The largest absolute Gasteiger partial charge is 0.381 e. The van der Waals surface area contributed by atoms with Crippen LogP contribution in [0.4, 0.5) is 15.9 Å². The number of nitrogen functional groups attached to an aromatic ring is 1. The van der Waals surface area contributed by atoms with Gasteiger partial charge in [-0.05, 0) is 6.92 Å². The summed E-state index contributed by atoms with van der Waals surface area (Å²) in [4.78, 5) is 20.9. The van der Waals surface area contributed by atoms with Crippen molar-refractivity contribution in [1.29, 1.82) is 0 Å². The molecule has 0 atom stereocenters. The fraction of sp³-hybridized carbons (Fsp3) is 0.125. The number of aromatic nitrogens is 7. The molecule has 0 spiro atoms. The number of anilines is 2. The van der Waals surface area contributed by atoms with Crippen LogP contribution in [0.5, 0.6) is 0 Å². The van der Waals surface area contributed by atoms with Crippen LogP contribution >= 0.6 is 0 Å². The molecule has 4 rings (SSSR count). The number of amides is 1. The van der Waals surface area contributed by atoms with Crippen molar-refractivity contribution in [3.05, 3.63) is 48.2 Å². The zero-order valence-electron chi connectivity index (χ0n) is 14.4. The second kappa shape index (κ2) is 6.12. The highest BCUT2D eigenvalue weighted by molar-refractivity contribution is 6.12. The average molecular weight is 367 g/mol. The van der Waals surface area contributed by atoms with E-state index >= 15 is 0 Å². The number of carbonyl (C=O) groups is 1. The molecule has 136 valence electrons. The summed E-state index contributed by atoms with van der Waals surface area (Å²) in [6.07, 6.45) is 6.82. The molecule has 4 aromatic rings. The van der Waals surface area contributed by atoms with Crippen LogP contribution in [0.15, 0.2) is 31.1 Å². The van der Waals surface area contributed by atoms with Gasteiger partial charge in [-0.2, -0.15) is 10.2 Å². The Morgan fingerprint density at radius 2 is 2.11 bits per heavy atom. The number of hydrogen-bond acceptors (Lipinski definition) is 7. The number of imidazole rings is 1. The zero-order chi connectivity index (χ0) is 19.1. The van der Waals surface area contributed by atoms with Crippen molar-refractivity contribution in [3.8, 4) is 11.3 Å². The Labute approximate surface area is 151 Å². The molecule has 0 bridgehead atoms. The van der Waals surface area contributed by atoms with E-state index in [0.29, 0.717) is 16.9 Å². The number of nitrogens with zero attached hydrogens (tertiary/aromatic N) is 7. The lowest BCUT2D eigenvalue weighted by molar-refractivity contribution is 0.102. The smallest absolute Gasteiger partial charge is 0.263 e. The lowest BCUT2D eigenvalue weighted by Crippen LogP contribution is -2.16. The highest BCUT2D eigenvalue weighted by Gasteiger charge is 2.22. The fourth-order valence-electron chi connectivity index (χ4n) is 2.83. The molecule has 0 aliphatic heterocycles. The summed E-state index contributed by atoms with van der Waals surface area (Å²) in [5, 5.41) is 14.6. The minimum atomic E-state index is -0.593. The van der Waals surface area contributed by atoms with E-state index in [2.05, 4.69) is 30.6 Å². The van der Waals surface area contributed by atoms with Gasteiger partial charge >= 0.3 is 0 Å². The first kappa shape index (κ1) is 16.6. The monoisotopic (exact) mass is 367 g/mol. The summed E-state index contributed by atoms with van der Waals surface area (Å²) in [5.41, 5.74) is 8.51. The van der Waals surface area contributed by atoms with E-state index < -0.39 is 11.7 Å². The third-order valence-corrected chi connectivity index (χ3v) is 4.04. The molecule has 0 aliphatic carbocycles. The SMILES string of the molecule is Cc1nncc(NC(=O)c2c(N)nn3cc(F)cnc23)c1-c1cncn1C. The van der Waals surface area contributed by atoms with Gasteiger partial charge in [-0.15, -0.1) is 5.10 Å². The number of rotatable bonds is 3. The highest BCUT2D eigenvalue weighted by Crippen LogP contribution is 2.30. The standard InChI is InChI=1S/C16H14FN9O/c1-8-12(11-5-19-7-25(11)2)10(4-21-23-8)22-16(27)13-14(18)24-26-6-9(17)3-20-15(13)26/h3-7H,1-2H3,(H2,18,24)(H,22,23,27). The predicted molar refractivity (Wildman–Crippen MR) is 94.3 cm³/mol. The molecule has 0 aliphatic rings. The van der Waals surface area contributed by atoms with Crippen LogP contribution in [-0.4, -0.2) is 40.3 Å². The van der Waals surface area contributed by atoms with Crippen molar-refractivity contribution < 1.29 is 9.18 Å². The van der Waals surface area contributed by atoms with Gasteiger partial charge in [-0.25, -0.2) is 18.9 Å². The molecule has 11 heteroatoms. The third-order valence-electron chi connectivity index (χ3n) is 4.04. The zero-order valence-corrected chi connectivity index (χ0v) is 14.4. The maximum Gasteiger partial charge on any atom is 0.263 e. The number of carbonyl (C=O) groups excluding carboxylic acids is 1. The second-order valence-electron chi connectivity index (χ2n) is 5.86. The van der Waals surface area contributed by atoms with E-state index in [0.717, 1.165) is 22.6 Å². The predicted octanol–water partition coefficient (Wildman–Crippen LogP) is 1.20. The minimum absolute atomic E-state index is 0.0421. The summed E-state index contributed by atoms with van der Waals surface area (Å²) in [6.45, 7) is 1.78. The summed E-state index contributed by atoms with van der Waals surface area (Å²) < 4.78 is 16.3. The van der Waals surface area contributed by atoms with E-state index in [4.69, 9.17) is 5.73 Å². The van der Waals surface area contributed by atoms with Gasteiger partial charge in [0.05, 0.1) is 48.2 Å². The van der Waals surface area contributed by atoms with Crippen LogP contribution in [-0.2, 0) is 7.05 Å². The van der Waals surface area contributed by atoms with Gasteiger partial charge in [0.15, 0.2) is 17.3 Å². The van der Waals surface area contributed by atoms with E-state index in [-0.39, 0.29) is 17.0 Å². The van der Waals surface area contributed by atoms with E-state index in [9.17, 15) is 9.18 Å². The first-order valence-electron chi connectivity index (χ1n) is 7.85. The fourth-order valence-corrected chi connectivity index (χ4v) is 2.83. The molecule has 4 aromatic heterocycles. The van der Waals surface area contributed by atoms with Crippen LogP contribution in [0, 0.1) is 12.7 Å². The molecule has 0 unspecified atom stereocenters. The van der Waals surface area contributed by atoms with Gasteiger partial charge in [0.25, 0.3) is 5.91 Å². The number of halogens is 1. The van der Waals surface area contributed by atoms with Gasteiger partial charge in [-0.3, -0.25) is 4.79 Å². The molecule has 10 nitrogen and oxygen atoms in total. The van der Waals surface area contributed by atoms with Gasteiger partial charge < -0.3 is 15.6 Å². The van der Waals surface area contributed by atoms with Crippen LogP contribution in [0.1, 0.15) is 16.1 Å². The number of nitrogens with one attached hydrogen (secondary N) is 1. The number of fused-ring (bicyclic) bond motifs is 1. The lowest BCUT2D eigenvalue weighted by Gasteiger charge is -2.12. The van der Waals surface area contributed by atoms with Gasteiger partial charge in [0, 0.05) is 12.6 Å². The molecule has 1 amide bonds. The Balaban J connectivity index is 1.78. The molecule has 0 saturated heterocycles. The Morgan fingerprint density at radius 1 is 1.30 bits per heavy atom. The Bertz CT molecular complexity index is 1180. The quantitative estimate of drug-likeness (QED) is 0.556. The molecular weight excluding hydrogens is 353 g/mol. The molecular formula is C16H14FN9O. The molecule has 0 fully saturated rings. The van der Waals surface area contributed by atoms with Crippen LogP contribution in [0.25, 0.3) is 16.9 Å². The lowest BCUT2D eigenvalue weighted by atomic mass is 10.1. The average Bonchev–Trinajstić information content (AvgIpc) is 3.17. The Hall–Kier alpha value is -3.89. The van der Waals surface area contributed by atoms with Crippen molar-refractivity contribution in [2.24, 2.45) is 7.05 Å². The van der Waals surface area contributed by atoms with Crippen molar-refractivity contribution in [1.82, 2.24) is 34.3 Å². The van der Waals surface area contributed by atoms with Crippen molar-refractivity contribution in [3.63, 3.8) is 0 Å². The second-order valence-corrected chi connectivity index (χ2v) is 5.86. The van der Waals surface area contributed by atoms with Crippen LogP contribution < -0.4 is 11.1 Å². The van der Waals surface area contributed by atoms with Crippen LogP contribution in [0.3, 0.4) is 0 Å². The molecule has 4 heterocycles. The molecule has 0 aromatic carbocycles. The topological polar surface area (TPSA) is 129 Å². The number of hydrogen-bond donors (Lipinski definition) is 2. The van der Waals surface area contributed by atoms with Gasteiger partial charge in [-0.1, -0.05) is 0 Å². The van der Waals surface area contributed by atoms with Crippen molar-refractivity contribution >= 4 is 23.1 Å².